The van der Waals surface area contributed by atoms with Crippen LogP contribution in [0.15, 0.2) is 24.3 Å². The first-order chi connectivity index (χ1) is 11.8. The second-order valence-corrected chi connectivity index (χ2v) is 8.02. The maximum atomic E-state index is 13.8. The predicted octanol–water partition coefficient (Wildman–Crippen LogP) is 5.66. The number of halogens is 2. The first kappa shape index (κ1) is 22.0. The number of hydrogen-bond acceptors (Lipinski definition) is 4. The van der Waals surface area contributed by atoms with Crippen molar-refractivity contribution in [3.05, 3.63) is 40.7 Å². The molecule has 0 radical (unpaired) electrons. The van der Waals surface area contributed by atoms with Gasteiger partial charge in [-0.3, -0.25) is 0 Å². The van der Waals surface area contributed by atoms with Crippen LogP contribution >= 0.6 is 11.6 Å². The number of rotatable bonds is 3. The van der Waals surface area contributed by atoms with Gasteiger partial charge in [0.15, 0.2) is 0 Å². The Balaban J connectivity index is 3.00. The highest BCUT2D eigenvalue weighted by atomic mass is 35.5. The summed E-state index contributed by atoms with van der Waals surface area (Å²) in [7, 11) is 0. The predicted molar refractivity (Wildman–Crippen MR) is 99.6 cm³/mol. The maximum Gasteiger partial charge on any atom is 0.420 e. The third kappa shape index (κ3) is 7.44. The molecule has 26 heavy (non-hydrogen) atoms. The van der Waals surface area contributed by atoms with Crippen molar-refractivity contribution in [2.24, 2.45) is 0 Å². The maximum absolute atomic E-state index is 13.8. The van der Waals surface area contributed by atoms with Gasteiger partial charge in [0.2, 0.25) is 0 Å². The van der Waals surface area contributed by atoms with Crippen LogP contribution in [0.3, 0.4) is 0 Å². The number of imide groups is 1. The molecule has 0 unspecified atom stereocenters. The molecule has 0 aliphatic carbocycles. The molecule has 0 aromatic heterocycles. The topological polar surface area (TPSA) is 55.8 Å². The number of hydrogen-bond donors (Lipinski definition) is 0. The van der Waals surface area contributed by atoms with E-state index in [4.69, 9.17) is 21.1 Å². The van der Waals surface area contributed by atoms with Crippen molar-refractivity contribution in [1.82, 2.24) is 4.90 Å². The van der Waals surface area contributed by atoms with Crippen molar-refractivity contribution in [1.29, 1.82) is 0 Å². The first-order valence-corrected chi connectivity index (χ1v) is 8.52. The molecule has 1 aromatic carbocycles. The van der Waals surface area contributed by atoms with Crippen LogP contribution in [0.1, 0.15) is 47.1 Å². The van der Waals surface area contributed by atoms with Crippen molar-refractivity contribution < 1.29 is 23.5 Å². The summed E-state index contributed by atoms with van der Waals surface area (Å²) >= 11 is 5.96. The molecule has 0 spiro atoms. The van der Waals surface area contributed by atoms with Gasteiger partial charge in [0, 0.05) is 5.56 Å². The molecule has 0 atom stereocenters. The Morgan fingerprint density at radius 3 is 2.00 bits per heavy atom. The van der Waals surface area contributed by atoms with Gasteiger partial charge in [0.1, 0.15) is 17.0 Å². The Bertz CT molecular complexity index is 642. The number of ether oxygens (including phenoxy) is 2. The van der Waals surface area contributed by atoms with Gasteiger partial charge in [-0.25, -0.2) is 18.9 Å². The van der Waals surface area contributed by atoms with E-state index in [-0.39, 0.29) is 17.1 Å². The summed E-state index contributed by atoms with van der Waals surface area (Å²) in [4.78, 5) is 25.5. The second kappa shape index (κ2) is 8.54. The average Bonchev–Trinajstić information content (AvgIpc) is 2.41. The van der Waals surface area contributed by atoms with E-state index in [0.717, 1.165) is 4.90 Å². The van der Waals surface area contributed by atoms with Crippen LogP contribution in [0.5, 0.6) is 0 Å². The SMILES string of the molecule is CC(C)(C)OC(=O)N(C/C=C/c1c(F)cccc1Cl)C(=O)OC(C)(C)C. The van der Waals surface area contributed by atoms with Crippen molar-refractivity contribution in [3.8, 4) is 0 Å². The standard InChI is InChI=1S/C19H25ClFNO4/c1-18(2,3)25-16(23)22(17(24)26-19(4,5)6)12-8-9-13-14(20)10-7-11-15(13)21/h7-11H,12H2,1-6H3/b9-8+. The zero-order chi connectivity index (χ0) is 20.1. The molecule has 1 rings (SSSR count). The fraction of sp³-hybridized carbons (Fsp3) is 0.474. The number of amides is 2. The first-order valence-electron chi connectivity index (χ1n) is 8.14. The second-order valence-electron chi connectivity index (χ2n) is 7.61. The van der Waals surface area contributed by atoms with Gasteiger partial charge in [-0.1, -0.05) is 29.8 Å². The molecule has 0 bridgehead atoms. The Kier molecular flexibility index (Phi) is 7.21. The smallest absolute Gasteiger partial charge is 0.420 e. The molecular weight excluding hydrogens is 361 g/mol. The minimum Gasteiger partial charge on any atom is -0.443 e. The minimum atomic E-state index is -0.851. The summed E-state index contributed by atoms with van der Waals surface area (Å²) in [6.45, 7) is 9.97. The van der Waals surface area contributed by atoms with E-state index in [1.54, 1.807) is 47.6 Å². The molecule has 2 amide bonds. The summed E-state index contributed by atoms with van der Waals surface area (Å²) in [6.07, 6.45) is 1.14. The molecule has 0 aliphatic heterocycles. The van der Waals surface area contributed by atoms with E-state index in [0.29, 0.717) is 0 Å². The van der Waals surface area contributed by atoms with Crippen LogP contribution in [-0.4, -0.2) is 34.8 Å². The van der Waals surface area contributed by atoms with E-state index < -0.39 is 29.2 Å². The third-order valence-corrected chi connectivity index (χ3v) is 3.13. The van der Waals surface area contributed by atoms with Crippen LogP contribution < -0.4 is 0 Å². The van der Waals surface area contributed by atoms with Crippen LogP contribution in [0.25, 0.3) is 6.08 Å². The van der Waals surface area contributed by atoms with Crippen molar-refractivity contribution >= 4 is 29.9 Å². The van der Waals surface area contributed by atoms with E-state index in [1.165, 1.54) is 24.3 Å². The van der Waals surface area contributed by atoms with Crippen LogP contribution in [-0.2, 0) is 9.47 Å². The normalized spacial score (nSPS) is 12.2. The third-order valence-electron chi connectivity index (χ3n) is 2.80. The summed E-state index contributed by atoms with van der Waals surface area (Å²) in [5, 5.41) is 0.224. The molecule has 0 aliphatic rings. The fourth-order valence-electron chi connectivity index (χ4n) is 1.80. The molecule has 0 saturated heterocycles. The van der Waals surface area contributed by atoms with Gasteiger partial charge in [-0.05, 0) is 53.7 Å². The number of carbonyl (C=O) groups is 2. The largest absolute Gasteiger partial charge is 0.443 e. The number of carbonyl (C=O) groups excluding carboxylic acids is 2. The average molecular weight is 386 g/mol. The monoisotopic (exact) mass is 385 g/mol. The fourth-order valence-corrected chi connectivity index (χ4v) is 2.03. The Morgan fingerprint density at radius 2 is 1.58 bits per heavy atom. The molecule has 0 fully saturated rings. The van der Waals surface area contributed by atoms with Crippen molar-refractivity contribution in [2.45, 2.75) is 52.7 Å². The highest BCUT2D eigenvalue weighted by Crippen LogP contribution is 2.21. The molecule has 0 saturated carbocycles. The van der Waals surface area contributed by atoms with Gasteiger partial charge < -0.3 is 9.47 Å². The van der Waals surface area contributed by atoms with E-state index in [9.17, 15) is 14.0 Å². The van der Waals surface area contributed by atoms with Gasteiger partial charge in [-0.2, -0.15) is 0 Å². The van der Waals surface area contributed by atoms with Gasteiger partial charge in [-0.15, -0.1) is 0 Å². The Labute approximate surface area is 158 Å². The number of benzene rings is 1. The van der Waals surface area contributed by atoms with Crippen LogP contribution in [0, 0.1) is 5.82 Å². The van der Waals surface area contributed by atoms with Crippen molar-refractivity contribution in [2.75, 3.05) is 6.54 Å². The molecule has 0 heterocycles. The number of nitrogens with zero attached hydrogens (tertiary/aromatic N) is 1. The molecular formula is C19H25ClFNO4. The lowest BCUT2D eigenvalue weighted by molar-refractivity contribution is 0.00377. The Morgan fingerprint density at radius 1 is 1.08 bits per heavy atom. The Hall–Kier alpha value is -2.08. The van der Waals surface area contributed by atoms with Gasteiger partial charge >= 0.3 is 12.2 Å². The summed E-state index contributed by atoms with van der Waals surface area (Å²) in [5.74, 6) is -0.505. The minimum absolute atomic E-state index is 0.158. The quantitative estimate of drug-likeness (QED) is 0.673. The van der Waals surface area contributed by atoms with Crippen molar-refractivity contribution in [3.63, 3.8) is 0 Å². The lowest BCUT2D eigenvalue weighted by Gasteiger charge is -2.28. The molecule has 1 aromatic rings. The van der Waals surface area contributed by atoms with E-state index in [2.05, 4.69) is 0 Å². The van der Waals surface area contributed by atoms with Gasteiger partial charge in [0.25, 0.3) is 0 Å². The van der Waals surface area contributed by atoms with Gasteiger partial charge in [0.05, 0.1) is 11.6 Å². The summed E-state index contributed by atoms with van der Waals surface area (Å²) in [5.41, 5.74) is -1.39. The lowest BCUT2D eigenvalue weighted by atomic mass is 10.2. The molecule has 144 valence electrons. The summed E-state index contributed by atoms with van der Waals surface area (Å²) in [6, 6.07) is 4.30. The molecule has 7 heteroatoms. The zero-order valence-electron chi connectivity index (χ0n) is 15.9. The van der Waals surface area contributed by atoms with Crippen LogP contribution in [0.4, 0.5) is 14.0 Å². The van der Waals surface area contributed by atoms with Crippen LogP contribution in [0.2, 0.25) is 5.02 Å². The summed E-state index contributed by atoms with van der Waals surface area (Å²) < 4.78 is 24.3. The lowest BCUT2D eigenvalue weighted by Crippen LogP contribution is -2.43. The van der Waals surface area contributed by atoms with E-state index >= 15 is 0 Å². The zero-order valence-corrected chi connectivity index (χ0v) is 16.7. The molecule has 0 N–H and O–H groups in total. The highest BCUT2D eigenvalue weighted by Gasteiger charge is 2.30. The highest BCUT2D eigenvalue weighted by molar-refractivity contribution is 6.32. The molecule has 5 nitrogen and oxygen atoms in total. The van der Waals surface area contributed by atoms with E-state index in [1.807, 2.05) is 0 Å².